The Bertz CT molecular complexity index is 714. The molecule has 0 atom stereocenters. The van der Waals surface area contributed by atoms with E-state index >= 15 is 0 Å². The number of aryl methyl sites for hydroxylation is 1. The molecule has 0 unspecified atom stereocenters. The molecule has 2 aromatic rings. The summed E-state index contributed by atoms with van der Waals surface area (Å²) in [7, 11) is 1.59. The van der Waals surface area contributed by atoms with Crippen LogP contribution in [0.2, 0.25) is 0 Å². The molecular weight excluding hydrogens is 360 g/mol. The third-order valence-corrected chi connectivity index (χ3v) is 4.12. The lowest BCUT2D eigenvalue weighted by atomic mass is 10.2. The van der Waals surface area contributed by atoms with Gasteiger partial charge in [-0.15, -0.1) is 0 Å². The second-order valence-corrected chi connectivity index (χ2v) is 5.80. The minimum Gasteiger partial charge on any atom is -0.497 e. The van der Waals surface area contributed by atoms with Gasteiger partial charge in [-0.1, -0.05) is 28.1 Å². The topological polar surface area (TPSA) is 67.4 Å². The van der Waals surface area contributed by atoms with Crippen molar-refractivity contribution in [3.8, 4) is 5.75 Å². The van der Waals surface area contributed by atoms with Crippen LogP contribution in [0.4, 0.5) is 5.69 Å². The van der Waals surface area contributed by atoms with Gasteiger partial charge in [0.1, 0.15) is 5.75 Å². The van der Waals surface area contributed by atoms with E-state index in [0.29, 0.717) is 5.69 Å². The second kappa shape index (κ2) is 7.78. The summed E-state index contributed by atoms with van der Waals surface area (Å²) in [4.78, 5) is 23.7. The summed E-state index contributed by atoms with van der Waals surface area (Å²) < 4.78 is 6.01. The maximum absolute atomic E-state index is 11.9. The fraction of sp³-hybridized carbons (Fsp3) is 0.176. The first-order chi connectivity index (χ1) is 11.0. The van der Waals surface area contributed by atoms with Crippen LogP contribution in [-0.2, 0) is 16.1 Å². The van der Waals surface area contributed by atoms with Gasteiger partial charge in [-0.3, -0.25) is 9.59 Å². The highest BCUT2D eigenvalue weighted by molar-refractivity contribution is 9.10. The van der Waals surface area contributed by atoms with E-state index in [2.05, 4.69) is 26.6 Å². The number of carbonyl (C=O) groups excluding carboxylic acids is 2. The Morgan fingerprint density at radius 3 is 2.39 bits per heavy atom. The number of benzene rings is 2. The fourth-order valence-electron chi connectivity index (χ4n) is 1.92. The number of hydrogen-bond donors (Lipinski definition) is 2. The van der Waals surface area contributed by atoms with Crippen LogP contribution in [0, 0.1) is 6.92 Å². The van der Waals surface area contributed by atoms with E-state index in [4.69, 9.17) is 4.74 Å². The molecule has 0 saturated heterocycles. The molecule has 0 spiro atoms. The number of hydrogen-bond acceptors (Lipinski definition) is 3. The third-order valence-electron chi connectivity index (χ3n) is 3.23. The summed E-state index contributed by atoms with van der Waals surface area (Å²) in [5.41, 5.74) is 2.43. The van der Waals surface area contributed by atoms with Gasteiger partial charge in [-0.05, 0) is 48.4 Å². The Balaban J connectivity index is 1.89. The van der Waals surface area contributed by atoms with Gasteiger partial charge in [0, 0.05) is 16.7 Å². The SMILES string of the molecule is COc1ccc(CNC(=O)C(=O)Nc2ccc(Br)c(C)c2)cc1. The largest absolute Gasteiger partial charge is 0.497 e. The lowest BCUT2D eigenvalue weighted by molar-refractivity contribution is -0.136. The van der Waals surface area contributed by atoms with Crippen molar-refractivity contribution in [2.24, 2.45) is 0 Å². The molecule has 2 rings (SSSR count). The normalized spacial score (nSPS) is 10.0. The number of ether oxygens (including phenoxy) is 1. The molecule has 23 heavy (non-hydrogen) atoms. The average Bonchev–Trinajstić information content (AvgIpc) is 2.56. The smallest absolute Gasteiger partial charge is 0.313 e. The van der Waals surface area contributed by atoms with Crippen molar-refractivity contribution in [3.05, 3.63) is 58.1 Å². The first-order valence-corrected chi connectivity index (χ1v) is 7.77. The van der Waals surface area contributed by atoms with Crippen molar-refractivity contribution < 1.29 is 14.3 Å². The molecule has 0 saturated carbocycles. The second-order valence-electron chi connectivity index (χ2n) is 4.95. The number of anilines is 1. The summed E-state index contributed by atoms with van der Waals surface area (Å²) in [6.07, 6.45) is 0. The molecule has 0 aliphatic rings. The Morgan fingerprint density at radius 1 is 1.09 bits per heavy atom. The molecule has 120 valence electrons. The van der Waals surface area contributed by atoms with Crippen molar-refractivity contribution in [3.63, 3.8) is 0 Å². The van der Waals surface area contributed by atoms with Crippen molar-refractivity contribution in [2.45, 2.75) is 13.5 Å². The van der Waals surface area contributed by atoms with E-state index in [1.54, 1.807) is 31.4 Å². The number of methoxy groups -OCH3 is 1. The molecule has 0 bridgehead atoms. The van der Waals surface area contributed by atoms with E-state index < -0.39 is 11.8 Å². The summed E-state index contributed by atoms with van der Waals surface area (Å²) in [6, 6.07) is 12.6. The maximum atomic E-state index is 11.9. The van der Waals surface area contributed by atoms with Crippen molar-refractivity contribution in [2.75, 3.05) is 12.4 Å². The molecule has 2 N–H and O–H groups in total. The number of nitrogens with one attached hydrogen (secondary N) is 2. The number of amides is 2. The summed E-state index contributed by atoms with van der Waals surface area (Å²) in [5.74, 6) is -0.634. The van der Waals surface area contributed by atoms with Gasteiger partial charge in [0.15, 0.2) is 0 Å². The van der Waals surface area contributed by atoms with Crippen molar-refractivity contribution in [1.82, 2.24) is 5.32 Å². The molecule has 0 aliphatic carbocycles. The van der Waals surface area contributed by atoms with Gasteiger partial charge in [0.2, 0.25) is 0 Å². The number of carbonyl (C=O) groups is 2. The Labute approximate surface area is 143 Å². The Morgan fingerprint density at radius 2 is 1.78 bits per heavy atom. The van der Waals surface area contributed by atoms with Gasteiger partial charge < -0.3 is 15.4 Å². The van der Waals surface area contributed by atoms with Crippen LogP contribution in [0.3, 0.4) is 0 Å². The monoisotopic (exact) mass is 376 g/mol. The zero-order valence-electron chi connectivity index (χ0n) is 12.9. The van der Waals surface area contributed by atoms with Crippen molar-refractivity contribution in [1.29, 1.82) is 0 Å². The zero-order chi connectivity index (χ0) is 16.8. The molecule has 2 amide bonds. The average molecular weight is 377 g/mol. The zero-order valence-corrected chi connectivity index (χ0v) is 14.4. The van der Waals surface area contributed by atoms with Crippen LogP contribution in [0.15, 0.2) is 46.9 Å². The predicted molar refractivity (Wildman–Crippen MR) is 92.3 cm³/mol. The number of rotatable bonds is 4. The van der Waals surface area contributed by atoms with Crippen LogP contribution in [0.1, 0.15) is 11.1 Å². The number of halogens is 1. The summed E-state index contributed by atoms with van der Waals surface area (Å²) in [5, 5.41) is 5.15. The Kier molecular flexibility index (Phi) is 5.76. The van der Waals surface area contributed by atoms with Crippen molar-refractivity contribution >= 4 is 33.4 Å². The van der Waals surface area contributed by atoms with Crippen LogP contribution in [-0.4, -0.2) is 18.9 Å². The van der Waals surface area contributed by atoms with E-state index in [0.717, 1.165) is 21.3 Å². The third kappa shape index (κ3) is 4.82. The first kappa shape index (κ1) is 17.0. The van der Waals surface area contributed by atoms with Crippen LogP contribution < -0.4 is 15.4 Å². The highest BCUT2D eigenvalue weighted by atomic mass is 79.9. The molecule has 5 nitrogen and oxygen atoms in total. The van der Waals surface area contributed by atoms with Gasteiger partial charge in [-0.2, -0.15) is 0 Å². The maximum Gasteiger partial charge on any atom is 0.313 e. The summed E-state index contributed by atoms with van der Waals surface area (Å²) in [6.45, 7) is 2.18. The minimum atomic E-state index is -0.694. The Hall–Kier alpha value is -2.34. The van der Waals surface area contributed by atoms with Gasteiger partial charge in [-0.25, -0.2) is 0 Å². The standard InChI is InChI=1S/C17H17BrN2O3/c1-11-9-13(5-8-15(11)18)20-17(22)16(21)19-10-12-3-6-14(23-2)7-4-12/h3-9H,10H2,1-2H3,(H,19,21)(H,20,22). The fourth-order valence-corrected chi connectivity index (χ4v) is 2.16. The molecule has 6 heteroatoms. The minimum absolute atomic E-state index is 0.273. The lowest BCUT2D eigenvalue weighted by Gasteiger charge is -2.08. The highest BCUT2D eigenvalue weighted by Crippen LogP contribution is 2.19. The lowest BCUT2D eigenvalue weighted by Crippen LogP contribution is -2.34. The highest BCUT2D eigenvalue weighted by Gasteiger charge is 2.13. The van der Waals surface area contributed by atoms with Crippen LogP contribution >= 0.6 is 15.9 Å². The molecule has 0 aliphatic heterocycles. The van der Waals surface area contributed by atoms with E-state index in [9.17, 15) is 9.59 Å². The molecule has 0 fully saturated rings. The summed E-state index contributed by atoms with van der Waals surface area (Å²) >= 11 is 3.38. The van der Waals surface area contributed by atoms with Gasteiger partial charge >= 0.3 is 11.8 Å². The van der Waals surface area contributed by atoms with Crippen LogP contribution in [0.25, 0.3) is 0 Å². The van der Waals surface area contributed by atoms with E-state index in [-0.39, 0.29) is 6.54 Å². The first-order valence-electron chi connectivity index (χ1n) is 6.98. The molecule has 2 aromatic carbocycles. The van der Waals surface area contributed by atoms with Gasteiger partial charge in [0.25, 0.3) is 0 Å². The predicted octanol–water partition coefficient (Wildman–Crippen LogP) is 3.02. The molecule has 0 heterocycles. The van der Waals surface area contributed by atoms with E-state index in [1.165, 1.54) is 0 Å². The molecule has 0 radical (unpaired) electrons. The quantitative estimate of drug-likeness (QED) is 0.805. The van der Waals surface area contributed by atoms with Crippen LogP contribution in [0.5, 0.6) is 5.75 Å². The molecular formula is C17H17BrN2O3. The van der Waals surface area contributed by atoms with Gasteiger partial charge in [0.05, 0.1) is 7.11 Å². The molecule has 0 aromatic heterocycles. The van der Waals surface area contributed by atoms with E-state index in [1.807, 2.05) is 25.1 Å².